The zero-order valence-electron chi connectivity index (χ0n) is 13.2. The van der Waals surface area contributed by atoms with Crippen molar-refractivity contribution in [1.29, 1.82) is 0 Å². The molecule has 4 N–H and O–H groups in total. The van der Waals surface area contributed by atoms with Crippen molar-refractivity contribution < 1.29 is 24.8 Å². The highest BCUT2D eigenvalue weighted by Crippen LogP contribution is 2.15. The Morgan fingerprint density at radius 1 is 0.870 bits per heavy atom. The second-order valence-electron chi connectivity index (χ2n) is 5.32. The van der Waals surface area contributed by atoms with Crippen LogP contribution in [0.25, 0.3) is 0 Å². The first-order chi connectivity index (χ1) is 11.0. The maximum atomic E-state index is 10.2. The number of aromatic hydroxyl groups is 1. The van der Waals surface area contributed by atoms with Crippen molar-refractivity contribution in [3.63, 3.8) is 0 Å². The molecule has 2 aromatic rings. The normalized spacial score (nSPS) is 10.5. The highest BCUT2D eigenvalue weighted by Gasteiger charge is 2.26. The van der Waals surface area contributed by atoms with E-state index in [1.165, 1.54) is 0 Å². The third-order valence-corrected chi connectivity index (χ3v) is 3.77. The molecule has 0 saturated heterocycles. The number of hydrogen-bond donors (Lipinski definition) is 4. The van der Waals surface area contributed by atoms with Gasteiger partial charge in [-0.3, -0.25) is 0 Å². The minimum atomic E-state index is -1.71. The Morgan fingerprint density at radius 2 is 1.43 bits per heavy atom. The lowest BCUT2D eigenvalue weighted by atomic mass is 9.75. The SMILES string of the molecule is CCc1ccc(B(O)Oc2cc(CC)ccc2B(O)O)c(O)c1. The van der Waals surface area contributed by atoms with E-state index in [0.717, 1.165) is 24.0 Å². The lowest BCUT2D eigenvalue weighted by molar-refractivity contribution is 0.414. The van der Waals surface area contributed by atoms with Crippen LogP contribution in [-0.4, -0.2) is 34.4 Å². The molecule has 0 spiro atoms. The number of phenols is 1. The fourth-order valence-corrected chi connectivity index (χ4v) is 2.32. The Balaban J connectivity index is 2.30. The molecule has 0 aliphatic heterocycles. The molecule has 0 radical (unpaired) electrons. The number of benzene rings is 2. The van der Waals surface area contributed by atoms with Crippen LogP contribution in [0.1, 0.15) is 25.0 Å². The van der Waals surface area contributed by atoms with Crippen LogP contribution in [0.3, 0.4) is 0 Å². The summed E-state index contributed by atoms with van der Waals surface area (Å²) in [6.45, 7) is 3.92. The van der Waals surface area contributed by atoms with E-state index >= 15 is 0 Å². The van der Waals surface area contributed by atoms with E-state index in [-0.39, 0.29) is 22.4 Å². The summed E-state index contributed by atoms with van der Waals surface area (Å²) in [5, 5.41) is 39.1. The topological polar surface area (TPSA) is 90.2 Å². The molecular formula is C16H20B2O5. The van der Waals surface area contributed by atoms with Crippen LogP contribution in [-0.2, 0) is 12.8 Å². The van der Waals surface area contributed by atoms with Gasteiger partial charge in [-0.05, 0) is 36.1 Å². The number of hydrogen-bond acceptors (Lipinski definition) is 5. The second kappa shape index (κ2) is 7.55. The van der Waals surface area contributed by atoms with Gasteiger partial charge in [-0.25, -0.2) is 0 Å². The van der Waals surface area contributed by atoms with Crippen LogP contribution in [0, 0.1) is 0 Å². The lowest BCUT2D eigenvalue weighted by Crippen LogP contribution is -2.40. The Bertz CT molecular complexity index is 676. The monoisotopic (exact) mass is 314 g/mol. The van der Waals surface area contributed by atoms with Crippen molar-refractivity contribution in [3.05, 3.63) is 47.5 Å². The fraction of sp³-hybridized carbons (Fsp3) is 0.250. The lowest BCUT2D eigenvalue weighted by Gasteiger charge is -2.16. The Hall–Kier alpha value is -1.95. The van der Waals surface area contributed by atoms with Crippen LogP contribution in [0.15, 0.2) is 36.4 Å². The predicted octanol–water partition coefficient (Wildman–Crippen LogP) is -0.0367. The molecule has 0 fully saturated rings. The first kappa shape index (κ1) is 17.4. The van der Waals surface area contributed by atoms with Crippen LogP contribution >= 0.6 is 0 Å². The third kappa shape index (κ3) is 4.07. The molecule has 0 saturated carbocycles. The van der Waals surface area contributed by atoms with E-state index in [9.17, 15) is 20.2 Å². The van der Waals surface area contributed by atoms with E-state index in [1.54, 1.807) is 36.4 Å². The van der Waals surface area contributed by atoms with Crippen molar-refractivity contribution in [2.75, 3.05) is 0 Å². The van der Waals surface area contributed by atoms with Gasteiger partial charge in [0, 0.05) is 10.9 Å². The average Bonchev–Trinajstić information content (AvgIpc) is 2.54. The molecule has 0 atom stereocenters. The zero-order chi connectivity index (χ0) is 17.0. The Labute approximate surface area is 136 Å². The summed E-state index contributed by atoms with van der Waals surface area (Å²) in [6, 6.07) is 9.93. The zero-order valence-corrected chi connectivity index (χ0v) is 13.2. The number of phenolic OH excluding ortho intramolecular Hbond substituents is 1. The molecule has 0 unspecified atom stereocenters. The van der Waals surface area contributed by atoms with Gasteiger partial charge in [0.05, 0.1) is 0 Å². The summed E-state index contributed by atoms with van der Waals surface area (Å²) in [6.07, 6.45) is 1.51. The van der Waals surface area contributed by atoms with Crippen molar-refractivity contribution in [3.8, 4) is 11.5 Å². The van der Waals surface area contributed by atoms with E-state index in [4.69, 9.17) is 4.65 Å². The summed E-state index contributed by atoms with van der Waals surface area (Å²) < 4.78 is 5.47. The number of aryl methyl sites for hydroxylation is 2. The fourth-order valence-electron chi connectivity index (χ4n) is 2.32. The van der Waals surface area contributed by atoms with Gasteiger partial charge in [-0.2, -0.15) is 0 Å². The van der Waals surface area contributed by atoms with Gasteiger partial charge in [0.25, 0.3) is 0 Å². The molecule has 0 bridgehead atoms. The van der Waals surface area contributed by atoms with E-state index in [1.807, 2.05) is 13.8 Å². The molecule has 2 aromatic carbocycles. The first-order valence-electron chi connectivity index (χ1n) is 7.61. The first-order valence-corrected chi connectivity index (χ1v) is 7.61. The van der Waals surface area contributed by atoms with Crippen LogP contribution in [0.2, 0.25) is 0 Å². The molecule has 2 rings (SSSR count). The van der Waals surface area contributed by atoms with Gasteiger partial charge >= 0.3 is 14.2 Å². The predicted molar refractivity (Wildman–Crippen MR) is 91.4 cm³/mol. The quantitative estimate of drug-likeness (QED) is 0.562. The van der Waals surface area contributed by atoms with Gasteiger partial charge < -0.3 is 24.8 Å². The standard InChI is InChI=1S/C16H20B2O5/c1-3-11-5-7-13(15(19)9-11)18(22)23-16-10-12(4-2)6-8-14(16)17(20)21/h5-10,19-22H,3-4H2,1-2H3. The van der Waals surface area contributed by atoms with Crippen molar-refractivity contribution >= 4 is 25.2 Å². The molecule has 0 aliphatic carbocycles. The third-order valence-electron chi connectivity index (χ3n) is 3.77. The van der Waals surface area contributed by atoms with Gasteiger partial charge in [0.1, 0.15) is 11.5 Å². The van der Waals surface area contributed by atoms with E-state index in [0.29, 0.717) is 0 Å². The molecule has 120 valence electrons. The number of rotatable bonds is 6. The summed E-state index contributed by atoms with van der Waals surface area (Å²) in [4.78, 5) is 0. The summed E-state index contributed by atoms with van der Waals surface area (Å²) in [5.74, 6) is 0.111. The van der Waals surface area contributed by atoms with Gasteiger partial charge in [-0.15, -0.1) is 0 Å². The largest absolute Gasteiger partial charge is 0.563 e. The van der Waals surface area contributed by atoms with Gasteiger partial charge in [0.2, 0.25) is 0 Å². The average molecular weight is 314 g/mol. The van der Waals surface area contributed by atoms with E-state index < -0.39 is 14.2 Å². The molecule has 5 nitrogen and oxygen atoms in total. The van der Waals surface area contributed by atoms with Gasteiger partial charge in [0.15, 0.2) is 0 Å². The summed E-state index contributed by atoms with van der Waals surface area (Å²) in [5.41, 5.74) is 2.26. The molecule has 7 heteroatoms. The molecule has 0 aliphatic rings. The second-order valence-corrected chi connectivity index (χ2v) is 5.32. The van der Waals surface area contributed by atoms with Crippen LogP contribution in [0.4, 0.5) is 0 Å². The Kier molecular flexibility index (Phi) is 5.71. The van der Waals surface area contributed by atoms with Crippen LogP contribution < -0.4 is 15.6 Å². The molecule has 0 aromatic heterocycles. The maximum Gasteiger partial charge on any atom is 0.563 e. The van der Waals surface area contributed by atoms with Gasteiger partial charge in [-0.1, -0.05) is 38.1 Å². The highest BCUT2D eigenvalue weighted by atomic mass is 16.5. The molecule has 0 heterocycles. The minimum absolute atomic E-state index is 0.0606. The van der Waals surface area contributed by atoms with E-state index in [2.05, 4.69) is 0 Å². The summed E-state index contributed by atoms with van der Waals surface area (Å²) >= 11 is 0. The summed E-state index contributed by atoms with van der Waals surface area (Å²) in [7, 11) is -3.12. The molecular weight excluding hydrogens is 294 g/mol. The Morgan fingerprint density at radius 3 is 1.96 bits per heavy atom. The molecule has 23 heavy (non-hydrogen) atoms. The van der Waals surface area contributed by atoms with Crippen molar-refractivity contribution in [1.82, 2.24) is 0 Å². The maximum absolute atomic E-state index is 10.2. The van der Waals surface area contributed by atoms with Crippen molar-refractivity contribution in [2.24, 2.45) is 0 Å². The smallest absolute Gasteiger partial charge is 0.533 e. The van der Waals surface area contributed by atoms with Crippen molar-refractivity contribution in [2.45, 2.75) is 26.7 Å². The minimum Gasteiger partial charge on any atom is -0.533 e. The highest BCUT2D eigenvalue weighted by molar-refractivity contribution is 6.63. The van der Waals surface area contributed by atoms with Crippen LogP contribution in [0.5, 0.6) is 11.5 Å². The molecule has 0 amide bonds.